The van der Waals surface area contributed by atoms with Crippen LogP contribution in [0.1, 0.15) is 82.1 Å². The topological polar surface area (TPSA) is 93.5 Å². The van der Waals surface area contributed by atoms with Crippen LogP contribution in [0.4, 0.5) is 0 Å². The smallest absolute Gasteiger partial charge is 0.186 e. The molecule has 142 valence electrons. The van der Waals surface area contributed by atoms with E-state index < -0.39 is 0 Å². The Morgan fingerprint density at radius 3 is 1.75 bits per heavy atom. The van der Waals surface area contributed by atoms with Crippen LogP contribution in [-0.4, -0.2) is 28.9 Å². The highest BCUT2D eigenvalue weighted by atomic mass is 16.1. The number of hydrogen-bond acceptors (Lipinski definition) is 3. The third-order valence-corrected chi connectivity index (χ3v) is 4.10. The minimum atomic E-state index is -0.384. The molecule has 1 atom stereocenters. The van der Waals surface area contributed by atoms with E-state index in [0.717, 1.165) is 6.42 Å². The molecule has 0 aliphatic carbocycles. The number of nitrogens with two attached hydrogens (primary N) is 2. The fourth-order valence-corrected chi connectivity index (χ4v) is 3.16. The Bertz CT molecular complexity index is 461. The molecule has 0 fully saturated rings. The molecule has 0 spiro atoms. The van der Waals surface area contributed by atoms with E-state index in [-0.39, 0.29) is 39.7 Å². The highest BCUT2D eigenvalue weighted by Gasteiger charge is 2.39. The number of carbonyl (C=O) groups excluding carboxylic acids is 1. The number of hydrogen-bond donors (Lipinski definition) is 3. The van der Waals surface area contributed by atoms with Gasteiger partial charge in [-0.2, -0.15) is 0 Å². The van der Waals surface area contributed by atoms with Gasteiger partial charge in [0, 0.05) is 23.4 Å². The van der Waals surface area contributed by atoms with Crippen molar-refractivity contribution in [3.8, 4) is 0 Å². The molecular formula is C19H40N4O. The SMILES string of the molecule is CC(C)(CC(C)(C)C(CC(=O)C(C)(C)C)NC(C)(C)C)N=C(N)N. The maximum absolute atomic E-state index is 12.6. The van der Waals surface area contributed by atoms with Gasteiger partial charge in [0.05, 0.1) is 5.54 Å². The number of carbonyl (C=O) groups is 1. The van der Waals surface area contributed by atoms with Crippen LogP contribution in [0.25, 0.3) is 0 Å². The average Bonchev–Trinajstić information content (AvgIpc) is 2.20. The molecule has 0 saturated heterocycles. The molecule has 0 aromatic heterocycles. The summed E-state index contributed by atoms with van der Waals surface area (Å²) in [5, 5.41) is 3.64. The molecule has 5 heteroatoms. The van der Waals surface area contributed by atoms with Crippen LogP contribution in [0.15, 0.2) is 4.99 Å². The molecule has 0 aromatic carbocycles. The van der Waals surface area contributed by atoms with E-state index in [9.17, 15) is 4.79 Å². The third-order valence-electron chi connectivity index (χ3n) is 4.10. The van der Waals surface area contributed by atoms with E-state index in [1.807, 2.05) is 34.6 Å². The van der Waals surface area contributed by atoms with Crippen LogP contribution in [0.2, 0.25) is 0 Å². The predicted molar refractivity (Wildman–Crippen MR) is 104 cm³/mol. The quantitative estimate of drug-likeness (QED) is 0.490. The van der Waals surface area contributed by atoms with Crippen molar-refractivity contribution >= 4 is 11.7 Å². The summed E-state index contributed by atoms with van der Waals surface area (Å²) in [4.78, 5) is 17.0. The van der Waals surface area contributed by atoms with Crippen LogP contribution < -0.4 is 16.8 Å². The fraction of sp³-hybridized carbons (Fsp3) is 0.895. The lowest BCUT2D eigenvalue weighted by Crippen LogP contribution is -2.53. The zero-order valence-electron chi connectivity index (χ0n) is 17.5. The Morgan fingerprint density at radius 1 is 0.958 bits per heavy atom. The van der Waals surface area contributed by atoms with Crippen molar-refractivity contribution < 1.29 is 4.79 Å². The van der Waals surface area contributed by atoms with Crippen molar-refractivity contribution in [3.63, 3.8) is 0 Å². The summed E-state index contributed by atoms with van der Waals surface area (Å²) in [6, 6.07) is 0.0395. The molecule has 0 saturated carbocycles. The van der Waals surface area contributed by atoms with Crippen LogP contribution in [0, 0.1) is 10.8 Å². The first-order valence-corrected chi connectivity index (χ1v) is 8.77. The molecule has 1 unspecified atom stereocenters. The van der Waals surface area contributed by atoms with Gasteiger partial charge in [-0.3, -0.25) is 4.79 Å². The van der Waals surface area contributed by atoms with Crippen LogP contribution >= 0.6 is 0 Å². The first kappa shape index (κ1) is 22.9. The number of Topliss-reactive ketones (excluding diaryl/α,β-unsaturated/α-hetero) is 1. The maximum Gasteiger partial charge on any atom is 0.186 e. The van der Waals surface area contributed by atoms with Gasteiger partial charge in [0.1, 0.15) is 5.78 Å². The van der Waals surface area contributed by atoms with Gasteiger partial charge < -0.3 is 16.8 Å². The first-order valence-electron chi connectivity index (χ1n) is 8.77. The van der Waals surface area contributed by atoms with Gasteiger partial charge in [-0.15, -0.1) is 0 Å². The van der Waals surface area contributed by atoms with Gasteiger partial charge in [0.25, 0.3) is 0 Å². The molecule has 0 amide bonds. The van der Waals surface area contributed by atoms with Gasteiger partial charge in [-0.25, -0.2) is 4.99 Å². The second-order valence-corrected chi connectivity index (χ2v) is 10.3. The second kappa shape index (κ2) is 7.42. The minimum Gasteiger partial charge on any atom is -0.370 e. The summed E-state index contributed by atoms with van der Waals surface area (Å²) < 4.78 is 0. The second-order valence-electron chi connectivity index (χ2n) is 10.3. The van der Waals surface area contributed by atoms with Gasteiger partial charge in [-0.1, -0.05) is 34.6 Å². The summed E-state index contributed by atoms with van der Waals surface area (Å²) in [6.45, 7) is 20.7. The first-order chi connectivity index (χ1) is 10.4. The van der Waals surface area contributed by atoms with E-state index in [1.54, 1.807) is 0 Å². The summed E-state index contributed by atoms with van der Waals surface area (Å²) in [7, 11) is 0. The zero-order valence-corrected chi connectivity index (χ0v) is 17.5. The number of nitrogens with one attached hydrogen (secondary N) is 1. The Balaban J connectivity index is 5.53. The largest absolute Gasteiger partial charge is 0.370 e. The fourth-order valence-electron chi connectivity index (χ4n) is 3.16. The Hall–Kier alpha value is -1.10. The van der Waals surface area contributed by atoms with Gasteiger partial charge in [-0.05, 0) is 46.5 Å². The molecule has 0 bridgehead atoms. The van der Waals surface area contributed by atoms with Crippen LogP contribution in [-0.2, 0) is 4.79 Å². The average molecular weight is 341 g/mol. The lowest BCUT2D eigenvalue weighted by atomic mass is 9.71. The molecule has 5 nitrogen and oxygen atoms in total. The Labute approximate surface area is 149 Å². The molecule has 0 radical (unpaired) electrons. The van der Waals surface area contributed by atoms with Gasteiger partial charge in [0.15, 0.2) is 5.96 Å². The molecule has 0 heterocycles. The lowest BCUT2D eigenvalue weighted by Gasteiger charge is -2.43. The summed E-state index contributed by atoms with van der Waals surface area (Å²) in [5.41, 5.74) is 10.2. The van der Waals surface area contributed by atoms with E-state index in [1.165, 1.54) is 0 Å². The number of guanidine groups is 1. The van der Waals surface area contributed by atoms with Crippen molar-refractivity contribution in [2.45, 2.75) is 99.2 Å². The van der Waals surface area contributed by atoms with Gasteiger partial charge in [0.2, 0.25) is 0 Å². The van der Waals surface area contributed by atoms with Crippen molar-refractivity contribution in [3.05, 3.63) is 0 Å². The monoisotopic (exact) mass is 340 g/mol. The highest BCUT2D eigenvalue weighted by Crippen LogP contribution is 2.36. The van der Waals surface area contributed by atoms with Crippen molar-refractivity contribution in [2.24, 2.45) is 27.3 Å². The van der Waals surface area contributed by atoms with E-state index in [4.69, 9.17) is 11.5 Å². The van der Waals surface area contributed by atoms with E-state index in [2.05, 4.69) is 44.9 Å². The molecule has 24 heavy (non-hydrogen) atoms. The Kier molecular flexibility index (Phi) is 7.08. The van der Waals surface area contributed by atoms with Crippen molar-refractivity contribution in [1.29, 1.82) is 0 Å². The van der Waals surface area contributed by atoms with Crippen LogP contribution in [0.3, 0.4) is 0 Å². The van der Waals surface area contributed by atoms with Gasteiger partial charge >= 0.3 is 0 Å². The summed E-state index contributed by atoms with van der Waals surface area (Å²) in [6.07, 6.45) is 1.26. The summed E-state index contributed by atoms with van der Waals surface area (Å²) in [5.74, 6) is 0.360. The normalized spacial score (nSPS) is 15.1. The maximum atomic E-state index is 12.6. The standard InChI is InChI=1S/C19H40N4O/c1-16(2,3)14(24)11-13(22-17(4,5)6)18(7,8)12-19(9,10)23-15(20)21/h13,22H,11-12H2,1-10H3,(H4,20,21,23). The van der Waals surface area contributed by atoms with Crippen molar-refractivity contribution in [1.82, 2.24) is 5.32 Å². The predicted octanol–water partition coefficient (Wildman–Crippen LogP) is 3.22. The number of rotatable bonds is 7. The summed E-state index contributed by atoms with van der Waals surface area (Å²) >= 11 is 0. The van der Waals surface area contributed by atoms with E-state index in [0.29, 0.717) is 6.42 Å². The van der Waals surface area contributed by atoms with Crippen molar-refractivity contribution in [2.75, 3.05) is 0 Å². The molecule has 5 N–H and O–H groups in total. The van der Waals surface area contributed by atoms with E-state index >= 15 is 0 Å². The molecule has 0 rings (SSSR count). The Morgan fingerprint density at radius 2 is 1.42 bits per heavy atom. The highest BCUT2D eigenvalue weighted by molar-refractivity contribution is 5.84. The zero-order chi connectivity index (χ0) is 19.6. The number of aliphatic imine (C=N–C) groups is 1. The molecular weight excluding hydrogens is 300 g/mol. The molecule has 0 aromatic rings. The third kappa shape index (κ3) is 8.67. The molecule has 0 aliphatic heterocycles. The van der Waals surface area contributed by atoms with Crippen LogP contribution in [0.5, 0.6) is 0 Å². The molecule has 0 aliphatic rings. The lowest BCUT2D eigenvalue weighted by molar-refractivity contribution is -0.127. The number of ketones is 1. The minimum absolute atomic E-state index is 0.0395. The number of nitrogens with zero attached hydrogens (tertiary/aromatic N) is 1.